The lowest BCUT2D eigenvalue weighted by Gasteiger charge is -2.23. The quantitative estimate of drug-likeness (QED) is 0.815. The topological polar surface area (TPSA) is 89.5 Å². The first-order valence-corrected chi connectivity index (χ1v) is 8.55. The molecule has 1 amide bonds. The van der Waals surface area contributed by atoms with Gasteiger partial charge in [0.25, 0.3) is 5.91 Å². The van der Waals surface area contributed by atoms with Gasteiger partial charge >= 0.3 is 5.97 Å². The van der Waals surface area contributed by atoms with Crippen LogP contribution >= 0.6 is 0 Å². The third-order valence-corrected chi connectivity index (χ3v) is 5.28. The number of ether oxygens (including phenoxy) is 1. The highest BCUT2D eigenvalue weighted by molar-refractivity contribution is 7.91. The molecule has 1 atom stereocenters. The van der Waals surface area contributed by atoms with Crippen molar-refractivity contribution >= 4 is 21.7 Å². The van der Waals surface area contributed by atoms with Crippen molar-refractivity contribution in [3.05, 3.63) is 35.4 Å². The number of rotatable bonds is 4. The molecule has 0 aromatic heterocycles. The van der Waals surface area contributed by atoms with E-state index < -0.39 is 45.5 Å². The Bertz CT molecular complexity index is 729. The second-order valence-electron chi connectivity index (χ2n) is 5.69. The summed E-state index contributed by atoms with van der Waals surface area (Å²) in [6, 6.07) is 2.17. The number of sulfone groups is 1. The first-order valence-electron chi connectivity index (χ1n) is 6.73. The summed E-state index contributed by atoms with van der Waals surface area (Å²) >= 11 is 0. The molecule has 1 saturated heterocycles. The Kier molecular flexibility index (Phi) is 4.69. The molecule has 1 aromatic rings. The average Bonchev–Trinajstić information content (AvgIpc) is 2.68. The van der Waals surface area contributed by atoms with Gasteiger partial charge in [-0.25, -0.2) is 22.0 Å². The summed E-state index contributed by atoms with van der Waals surface area (Å²) in [7, 11) is -3.19. The Balaban J connectivity index is 1.90. The van der Waals surface area contributed by atoms with Crippen molar-refractivity contribution in [3.63, 3.8) is 0 Å². The predicted octanol–water partition coefficient (Wildman–Crippen LogP) is 0.815. The highest BCUT2D eigenvalue weighted by Gasteiger charge is 2.39. The Morgan fingerprint density at radius 2 is 1.87 bits per heavy atom. The lowest BCUT2D eigenvalue weighted by Crippen LogP contribution is -2.48. The number of amides is 1. The van der Waals surface area contributed by atoms with Gasteiger partial charge in [0, 0.05) is 6.07 Å². The fraction of sp³-hybridized carbons (Fsp3) is 0.429. The van der Waals surface area contributed by atoms with Crippen molar-refractivity contribution in [3.8, 4) is 0 Å². The van der Waals surface area contributed by atoms with E-state index in [4.69, 9.17) is 0 Å². The smallest absolute Gasteiger partial charge is 0.338 e. The summed E-state index contributed by atoms with van der Waals surface area (Å²) in [5.41, 5.74) is -1.27. The van der Waals surface area contributed by atoms with Gasteiger partial charge in [-0.3, -0.25) is 4.79 Å². The lowest BCUT2D eigenvalue weighted by atomic mass is 10.0. The molecule has 1 aliphatic rings. The van der Waals surface area contributed by atoms with Gasteiger partial charge in [-0.1, -0.05) is 0 Å². The number of nitrogens with one attached hydrogen (secondary N) is 1. The summed E-state index contributed by atoms with van der Waals surface area (Å²) < 4.78 is 53.5. The Labute approximate surface area is 131 Å². The first kappa shape index (κ1) is 17.3. The summed E-state index contributed by atoms with van der Waals surface area (Å²) in [5, 5.41) is 2.50. The van der Waals surface area contributed by atoms with Crippen LogP contribution in [0.5, 0.6) is 0 Å². The number of hydrogen-bond acceptors (Lipinski definition) is 5. The first-order chi connectivity index (χ1) is 10.6. The monoisotopic (exact) mass is 347 g/mol. The van der Waals surface area contributed by atoms with Gasteiger partial charge in [-0.05, 0) is 25.5 Å². The SMILES string of the molecule is C[C@]1(NC(=O)COC(=O)c2cc(F)cc(F)c2)CCS(=O)(=O)C1. The van der Waals surface area contributed by atoms with E-state index in [0.29, 0.717) is 6.07 Å². The molecular formula is C14H15F2NO5S. The Hall–Kier alpha value is -2.03. The van der Waals surface area contributed by atoms with Crippen LogP contribution in [-0.4, -0.2) is 43.9 Å². The van der Waals surface area contributed by atoms with Crippen LogP contribution in [0.25, 0.3) is 0 Å². The van der Waals surface area contributed by atoms with E-state index in [2.05, 4.69) is 10.1 Å². The van der Waals surface area contributed by atoms with Gasteiger partial charge < -0.3 is 10.1 Å². The Morgan fingerprint density at radius 3 is 2.39 bits per heavy atom. The minimum Gasteiger partial charge on any atom is -0.452 e. The molecule has 9 heteroatoms. The van der Waals surface area contributed by atoms with Crippen molar-refractivity contribution in [2.75, 3.05) is 18.1 Å². The molecule has 0 spiro atoms. The minimum absolute atomic E-state index is 0.0217. The van der Waals surface area contributed by atoms with Gasteiger partial charge in [-0.15, -0.1) is 0 Å². The number of benzene rings is 1. The van der Waals surface area contributed by atoms with Crippen molar-refractivity contribution in [1.29, 1.82) is 0 Å². The zero-order valence-corrected chi connectivity index (χ0v) is 13.1. The third-order valence-electron chi connectivity index (χ3n) is 3.38. The van der Waals surface area contributed by atoms with Crippen molar-refractivity contribution in [2.45, 2.75) is 18.9 Å². The molecule has 23 heavy (non-hydrogen) atoms. The summed E-state index contributed by atoms with van der Waals surface area (Å²) in [4.78, 5) is 23.4. The lowest BCUT2D eigenvalue weighted by molar-refractivity contribution is -0.125. The second kappa shape index (κ2) is 6.23. The molecule has 2 rings (SSSR count). The minimum atomic E-state index is -3.19. The predicted molar refractivity (Wildman–Crippen MR) is 76.5 cm³/mol. The van der Waals surface area contributed by atoms with E-state index >= 15 is 0 Å². The molecule has 126 valence electrons. The van der Waals surface area contributed by atoms with E-state index in [0.717, 1.165) is 12.1 Å². The fourth-order valence-corrected chi connectivity index (χ4v) is 4.46. The van der Waals surface area contributed by atoms with Gasteiger partial charge in [0.1, 0.15) is 11.6 Å². The van der Waals surface area contributed by atoms with E-state index in [1.54, 1.807) is 6.92 Å². The number of esters is 1. The van der Waals surface area contributed by atoms with E-state index in [-0.39, 0.29) is 23.5 Å². The maximum absolute atomic E-state index is 13.0. The van der Waals surface area contributed by atoms with Crippen LogP contribution in [0.1, 0.15) is 23.7 Å². The van der Waals surface area contributed by atoms with Crippen LogP contribution in [-0.2, 0) is 19.4 Å². The molecule has 1 N–H and O–H groups in total. The van der Waals surface area contributed by atoms with Crippen LogP contribution in [0.15, 0.2) is 18.2 Å². The van der Waals surface area contributed by atoms with Crippen LogP contribution < -0.4 is 5.32 Å². The highest BCUT2D eigenvalue weighted by Crippen LogP contribution is 2.22. The molecule has 1 fully saturated rings. The molecule has 6 nitrogen and oxygen atoms in total. The number of carbonyl (C=O) groups is 2. The molecule has 1 heterocycles. The Morgan fingerprint density at radius 1 is 1.26 bits per heavy atom. The number of halogens is 2. The standard InChI is InChI=1S/C14H15F2NO5S/c1-14(2-3-23(20,21)8-14)17-12(18)7-22-13(19)9-4-10(15)6-11(16)5-9/h4-6H,2-3,7-8H2,1H3,(H,17,18)/t14-/m0/s1. The zero-order valence-electron chi connectivity index (χ0n) is 12.3. The molecular weight excluding hydrogens is 332 g/mol. The molecule has 1 aromatic carbocycles. The van der Waals surface area contributed by atoms with Gasteiger partial charge in [0.2, 0.25) is 0 Å². The molecule has 0 bridgehead atoms. The summed E-state index contributed by atoms with van der Waals surface area (Å²) in [6.45, 7) is 0.909. The molecule has 0 saturated carbocycles. The van der Waals surface area contributed by atoms with E-state index in [1.807, 2.05) is 0 Å². The van der Waals surface area contributed by atoms with Crippen molar-refractivity contribution in [2.24, 2.45) is 0 Å². The molecule has 0 unspecified atom stereocenters. The number of hydrogen-bond donors (Lipinski definition) is 1. The average molecular weight is 347 g/mol. The maximum Gasteiger partial charge on any atom is 0.338 e. The van der Waals surface area contributed by atoms with Crippen LogP contribution in [0.4, 0.5) is 8.78 Å². The zero-order chi connectivity index (χ0) is 17.3. The largest absolute Gasteiger partial charge is 0.452 e. The van der Waals surface area contributed by atoms with Crippen LogP contribution in [0.3, 0.4) is 0 Å². The number of carbonyl (C=O) groups excluding carboxylic acids is 2. The van der Waals surface area contributed by atoms with Crippen LogP contribution in [0.2, 0.25) is 0 Å². The van der Waals surface area contributed by atoms with Gasteiger partial charge in [-0.2, -0.15) is 0 Å². The van der Waals surface area contributed by atoms with Crippen molar-refractivity contribution < 1.29 is 31.5 Å². The molecule has 1 aliphatic heterocycles. The van der Waals surface area contributed by atoms with Crippen LogP contribution in [0, 0.1) is 11.6 Å². The normalized spacial score (nSPS) is 22.6. The fourth-order valence-electron chi connectivity index (χ4n) is 2.37. The van der Waals surface area contributed by atoms with Gasteiger partial charge in [0.05, 0.1) is 22.6 Å². The van der Waals surface area contributed by atoms with E-state index in [9.17, 15) is 26.8 Å². The van der Waals surface area contributed by atoms with Crippen molar-refractivity contribution in [1.82, 2.24) is 5.32 Å². The van der Waals surface area contributed by atoms with E-state index in [1.165, 1.54) is 0 Å². The molecule has 0 aliphatic carbocycles. The van der Waals surface area contributed by atoms with Gasteiger partial charge in [0.15, 0.2) is 16.4 Å². The highest BCUT2D eigenvalue weighted by atomic mass is 32.2. The second-order valence-corrected chi connectivity index (χ2v) is 7.87. The summed E-state index contributed by atoms with van der Waals surface area (Å²) in [5.74, 6) is -3.83. The third kappa shape index (κ3) is 4.72. The molecule has 0 radical (unpaired) electrons. The summed E-state index contributed by atoms with van der Waals surface area (Å²) in [6.07, 6.45) is 0.268. The maximum atomic E-state index is 13.0.